The molecule has 1 aromatic rings. The number of carbonyl (C=O) groups excluding carboxylic acids is 2. The molecule has 2 rings (SSSR count). The van der Waals surface area contributed by atoms with Crippen LogP contribution in [-0.2, 0) is 9.53 Å². The Morgan fingerprint density at radius 1 is 1.38 bits per heavy atom. The minimum Gasteiger partial charge on any atom is -0.383 e. The van der Waals surface area contributed by atoms with Crippen LogP contribution in [0.1, 0.15) is 23.2 Å². The number of rotatable bonds is 5. The van der Waals surface area contributed by atoms with Crippen LogP contribution in [0.2, 0.25) is 0 Å². The minimum absolute atomic E-state index is 0.0908. The number of ether oxygens (including phenoxy) is 1. The van der Waals surface area contributed by atoms with Gasteiger partial charge in [-0.2, -0.15) is 0 Å². The Labute approximate surface area is 132 Å². The SMILES string of the molecule is COCCNC(=O)[C@H]1CCCN1C(=O)c1ccc(Br)cc1. The molecule has 21 heavy (non-hydrogen) atoms. The fraction of sp³-hybridized carbons (Fsp3) is 0.467. The Kier molecular flexibility index (Phi) is 5.76. The highest BCUT2D eigenvalue weighted by atomic mass is 79.9. The van der Waals surface area contributed by atoms with Crippen LogP contribution in [-0.4, -0.2) is 49.6 Å². The molecule has 2 amide bonds. The summed E-state index contributed by atoms with van der Waals surface area (Å²) in [5.41, 5.74) is 0.606. The Balaban J connectivity index is 2.02. The zero-order chi connectivity index (χ0) is 15.2. The van der Waals surface area contributed by atoms with Crippen LogP contribution in [0.15, 0.2) is 28.7 Å². The van der Waals surface area contributed by atoms with Crippen molar-refractivity contribution >= 4 is 27.7 Å². The van der Waals surface area contributed by atoms with E-state index in [4.69, 9.17) is 4.74 Å². The van der Waals surface area contributed by atoms with Gasteiger partial charge in [0.25, 0.3) is 5.91 Å². The van der Waals surface area contributed by atoms with Crippen molar-refractivity contribution in [1.29, 1.82) is 0 Å². The van der Waals surface area contributed by atoms with E-state index in [1.54, 1.807) is 24.1 Å². The van der Waals surface area contributed by atoms with Gasteiger partial charge in [0, 0.05) is 30.2 Å². The first-order valence-corrected chi connectivity index (χ1v) is 7.76. The van der Waals surface area contributed by atoms with Crippen molar-refractivity contribution in [3.63, 3.8) is 0 Å². The van der Waals surface area contributed by atoms with Gasteiger partial charge in [0.15, 0.2) is 0 Å². The van der Waals surface area contributed by atoms with Gasteiger partial charge in [-0.25, -0.2) is 0 Å². The van der Waals surface area contributed by atoms with E-state index in [1.807, 2.05) is 12.1 Å². The predicted molar refractivity (Wildman–Crippen MR) is 83.1 cm³/mol. The first-order valence-electron chi connectivity index (χ1n) is 6.96. The van der Waals surface area contributed by atoms with Gasteiger partial charge in [0.1, 0.15) is 6.04 Å². The number of likely N-dealkylation sites (tertiary alicyclic amines) is 1. The van der Waals surface area contributed by atoms with Crippen molar-refractivity contribution in [3.05, 3.63) is 34.3 Å². The maximum Gasteiger partial charge on any atom is 0.254 e. The van der Waals surface area contributed by atoms with Crippen LogP contribution in [0.3, 0.4) is 0 Å². The number of amides is 2. The number of benzene rings is 1. The molecule has 114 valence electrons. The molecule has 1 aliphatic heterocycles. The molecule has 0 saturated carbocycles. The van der Waals surface area contributed by atoms with Gasteiger partial charge in [0.05, 0.1) is 6.61 Å². The van der Waals surface area contributed by atoms with Crippen molar-refractivity contribution in [2.24, 2.45) is 0 Å². The second-order valence-corrected chi connectivity index (χ2v) is 5.86. The zero-order valence-electron chi connectivity index (χ0n) is 12.0. The molecule has 5 nitrogen and oxygen atoms in total. The fourth-order valence-electron chi connectivity index (χ4n) is 2.43. The summed E-state index contributed by atoms with van der Waals surface area (Å²) in [7, 11) is 1.59. The third-order valence-electron chi connectivity index (χ3n) is 3.51. The molecule has 1 saturated heterocycles. The first kappa shape index (κ1) is 16.0. The molecule has 1 aromatic carbocycles. The van der Waals surface area contributed by atoms with Crippen molar-refractivity contribution < 1.29 is 14.3 Å². The van der Waals surface area contributed by atoms with Gasteiger partial charge >= 0.3 is 0 Å². The largest absolute Gasteiger partial charge is 0.383 e. The molecule has 1 atom stereocenters. The number of halogens is 1. The fourth-order valence-corrected chi connectivity index (χ4v) is 2.70. The van der Waals surface area contributed by atoms with Gasteiger partial charge in [0.2, 0.25) is 5.91 Å². The summed E-state index contributed by atoms with van der Waals surface area (Å²) in [4.78, 5) is 26.3. The number of carbonyl (C=O) groups is 2. The molecule has 0 aliphatic carbocycles. The smallest absolute Gasteiger partial charge is 0.254 e. The van der Waals surface area contributed by atoms with Crippen molar-refractivity contribution in [2.75, 3.05) is 26.8 Å². The average Bonchev–Trinajstić information content (AvgIpc) is 2.97. The number of nitrogens with one attached hydrogen (secondary N) is 1. The lowest BCUT2D eigenvalue weighted by Gasteiger charge is -2.24. The summed E-state index contributed by atoms with van der Waals surface area (Å²) in [6, 6.07) is 6.82. The topological polar surface area (TPSA) is 58.6 Å². The normalized spacial score (nSPS) is 17.8. The highest BCUT2D eigenvalue weighted by molar-refractivity contribution is 9.10. The van der Waals surface area contributed by atoms with Gasteiger partial charge in [-0.3, -0.25) is 9.59 Å². The van der Waals surface area contributed by atoms with Gasteiger partial charge in [-0.05, 0) is 37.1 Å². The van der Waals surface area contributed by atoms with E-state index >= 15 is 0 Å². The molecule has 0 radical (unpaired) electrons. The molecular formula is C15H19BrN2O3. The van der Waals surface area contributed by atoms with Crippen LogP contribution in [0, 0.1) is 0 Å². The summed E-state index contributed by atoms with van der Waals surface area (Å²) >= 11 is 3.35. The van der Waals surface area contributed by atoms with Gasteiger partial charge in [-0.1, -0.05) is 15.9 Å². The molecule has 1 heterocycles. The summed E-state index contributed by atoms with van der Waals surface area (Å²) in [5.74, 6) is -0.193. The summed E-state index contributed by atoms with van der Waals surface area (Å²) in [6.07, 6.45) is 1.56. The second kappa shape index (κ2) is 7.56. The number of hydrogen-bond donors (Lipinski definition) is 1. The van der Waals surface area contributed by atoms with E-state index < -0.39 is 0 Å². The van der Waals surface area contributed by atoms with Crippen LogP contribution >= 0.6 is 15.9 Å². The number of methoxy groups -OCH3 is 1. The molecule has 1 N–H and O–H groups in total. The highest BCUT2D eigenvalue weighted by Crippen LogP contribution is 2.21. The number of nitrogens with zero attached hydrogens (tertiary/aromatic N) is 1. The van der Waals surface area contributed by atoms with Crippen LogP contribution in [0.4, 0.5) is 0 Å². The van der Waals surface area contributed by atoms with E-state index in [-0.39, 0.29) is 17.9 Å². The molecule has 0 spiro atoms. The van der Waals surface area contributed by atoms with E-state index in [0.717, 1.165) is 10.9 Å². The Morgan fingerprint density at radius 3 is 2.76 bits per heavy atom. The van der Waals surface area contributed by atoms with Crippen LogP contribution < -0.4 is 5.32 Å². The third-order valence-corrected chi connectivity index (χ3v) is 4.04. The van der Waals surface area contributed by atoms with Crippen molar-refractivity contribution in [2.45, 2.75) is 18.9 Å². The van der Waals surface area contributed by atoms with Crippen LogP contribution in [0.25, 0.3) is 0 Å². The lowest BCUT2D eigenvalue weighted by atomic mass is 10.1. The van der Waals surface area contributed by atoms with E-state index in [9.17, 15) is 9.59 Å². The minimum atomic E-state index is -0.377. The zero-order valence-corrected chi connectivity index (χ0v) is 13.6. The third kappa shape index (κ3) is 4.04. The molecule has 0 aromatic heterocycles. The molecule has 6 heteroatoms. The summed E-state index contributed by atoms with van der Waals surface area (Å²) in [6.45, 7) is 1.56. The quantitative estimate of drug-likeness (QED) is 0.820. The molecular weight excluding hydrogens is 336 g/mol. The van der Waals surface area contributed by atoms with Gasteiger partial charge in [-0.15, -0.1) is 0 Å². The maximum atomic E-state index is 12.5. The van der Waals surface area contributed by atoms with Crippen molar-refractivity contribution in [1.82, 2.24) is 10.2 Å². The maximum absolute atomic E-state index is 12.5. The molecule has 0 unspecified atom stereocenters. The second-order valence-electron chi connectivity index (χ2n) is 4.95. The van der Waals surface area contributed by atoms with Crippen LogP contribution in [0.5, 0.6) is 0 Å². The van der Waals surface area contributed by atoms with Crippen molar-refractivity contribution in [3.8, 4) is 0 Å². The Morgan fingerprint density at radius 2 is 2.10 bits per heavy atom. The Bertz CT molecular complexity index is 504. The predicted octanol–water partition coefficient (Wildman–Crippen LogP) is 1.82. The van der Waals surface area contributed by atoms with E-state index in [0.29, 0.717) is 31.7 Å². The first-order chi connectivity index (χ1) is 10.1. The monoisotopic (exact) mass is 354 g/mol. The average molecular weight is 355 g/mol. The van der Waals surface area contributed by atoms with E-state index in [1.165, 1.54) is 0 Å². The van der Waals surface area contributed by atoms with E-state index in [2.05, 4.69) is 21.2 Å². The lowest BCUT2D eigenvalue weighted by Crippen LogP contribution is -2.46. The molecule has 1 aliphatic rings. The number of hydrogen-bond acceptors (Lipinski definition) is 3. The summed E-state index contributed by atoms with van der Waals surface area (Å²) < 4.78 is 5.84. The molecule has 0 bridgehead atoms. The standard InChI is InChI=1S/C15H19BrN2O3/c1-21-10-8-17-14(19)13-3-2-9-18(13)15(20)11-4-6-12(16)7-5-11/h4-7,13H,2-3,8-10H2,1H3,(H,17,19)/t13-/m1/s1. The molecule has 1 fully saturated rings. The lowest BCUT2D eigenvalue weighted by molar-refractivity contribution is -0.125. The summed E-state index contributed by atoms with van der Waals surface area (Å²) in [5, 5.41) is 2.81. The Hall–Kier alpha value is -1.40. The van der Waals surface area contributed by atoms with Gasteiger partial charge < -0.3 is 15.0 Å². The highest BCUT2D eigenvalue weighted by Gasteiger charge is 2.34.